The van der Waals surface area contributed by atoms with E-state index >= 15 is 0 Å². The number of ether oxygens (including phenoxy) is 2. The number of nitrogens with one attached hydrogen (secondary N) is 1. The van der Waals surface area contributed by atoms with Crippen LogP contribution >= 0.6 is 0 Å². The van der Waals surface area contributed by atoms with Crippen LogP contribution in [-0.4, -0.2) is 29.2 Å². The summed E-state index contributed by atoms with van der Waals surface area (Å²) in [5.41, 5.74) is 0.699. The number of amides is 1. The van der Waals surface area contributed by atoms with Gasteiger partial charge < -0.3 is 14.8 Å². The minimum atomic E-state index is -0.569. The van der Waals surface area contributed by atoms with Crippen molar-refractivity contribution in [3.8, 4) is 12.3 Å². The predicted molar refractivity (Wildman–Crippen MR) is 80.8 cm³/mol. The number of nitrogens with zero attached hydrogens (tertiary/aromatic N) is 1. The summed E-state index contributed by atoms with van der Waals surface area (Å²) in [7, 11) is 0. The first-order chi connectivity index (χ1) is 10.3. The van der Waals surface area contributed by atoms with Gasteiger partial charge in [0.25, 0.3) is 0 Å². The molecule has 1 heterocycles. The number of carbonyl (C=O) groups excluding carboxylic acids is 2. The molecule has 6 heteroatoms. The Morgan fingerprint density at radius 2 is 2.09 bits per heavy atom. The van der Waals surface area contributed by atoms with E-state index in [0.29, 0.717) is 11.3 Å². The van der Waals surface area contributed by atoms with E-state index in [4.69, 9.17) is 15.9 Å². The highest BCUT2D eigenvalue weighted by atomic mass is 16.6. The van der Waals surface area contributed by atoms with Gasteiger partial charge in [0.05, 0.1) is 12.1 Å². The van der Waals surface area contributed by atoms with Gasteiger partial charge in [0.15, 0.2) is 0 Å². The third-order valence-corrected chi connectivity index (χ3v) is 2.37. The standard InChI is InChI=1S/C16H20N2O4/c1-5-12-6-7-13(18-10-12)11-21-14(19)8-9-17-15(20)22-16(2,3)4/h1,6-7,10H,8-9,11H2,2-4H3,(H,17,20). The van der Waals surface area contributed by atoms with Gasteiger partial charge in [-0.25, -0.2) is 4.79 Å². The predicted octanol–water partition coefficient (Wildman–Crippen LogP) is 2.02. The van der Waals surface area contributed by atoms with E-state index in [2.05, 4.69) is 16.2 Å². The Hall–Kier alpha value is -2.55. The fraction of sp³-hybridized carbons (Fsp3) is 0.438. The van der Waals surface area contributed by atoms with Gasteiger partial charge in [0.1, 0.15) is 12.2 Å². The minimum Gasteiger partial charge on any atom is -0.459 e. The molecule has 0 aliphatic rings. The molecule has 1 N–H and O–H groups in total. The molecule has 1 aromatic rings. The molecule has 0 saturated carbocycles. The zero-order valence-electron chi connectivity index (χ0n) is 13.0. The van der Waals surface area contributed by atoms with Crippen molar-refractivity contribution < 1.29 is 19.1 Å². The summed E-state index contributed by atoms with van der Waals surface area (Å²) in [5, 5.41) is 2.48. The van der Waals surface area contributed by atoms with Gasteiger partial charge in [0.2, 0.25) is 0 Å². The maximum atomic E-state index is 11.5. The molecule has 0 radical (unpaired) electrons. The van der Waals surface area contributed by atoms with Crippen LogP contribution < -0.4 is 5.32 Å². The molecular formula is C16H20N2O4. The van der Waals surface area contributed by atoms with Gasteiger partial charge in [-0.05, 0) is 32.9 Å². The second-order valence-electron chi connectivity index (χ2n) is 5.52. The van der Waals surface area contributed by atoms with E-state index in [1.54, 1.807) is 32.9 Å². The monoisotopic (exact) mass is 304 g/mol. The fourth-order valence-electron chi connectivity index (χ4n) is 1.40. The fourth-order valence-corrected chi connectivity index (χ4v) is 1.40. The summed E-state index contributed by atoms with van der Waals surface area (Å²) in [6, 6.07) is 3.42. The van der Waals surface area contributed by atoms with Crippen LogP contribution in [0.15, 0.2) is 18.3 Å². The van der Waals surface area contributed by atoms with Gasteiger partial charge in [0, 0.05) is 18.3 Å². The van der Waals surface area contributed by atoms with E-state index in [0.717, 1.165) is 0 Å². The first kappa shape index (κ1) is 17.5. The maximum absolute atomic E-state index is 11.5. The average Bonchev–Trinajstić information content (AvgIpc) is 2.43. The van der Waals surface area contributed by atoms with Gasteiger partial charge in [-0.2, -0.15) is 0 Å². The van der Waals surface area contributed by atoms with E-state index < -0.39 is 17.7 Å². The smallest absolute Gasteiger partial charge is 0.407 e. The Labute approximate surface area is 130 Å². The molecule has 0 spiro atoms. The Kier molecular flexibility index (Phi) is 6.39. The molecule has 1 amide bonds. The van der Waals surface area contributed by atoms with E-state index in [1.807, 2.05) is 0 Å². The number of rotatable bonds is 5. The molecule has 22 heavy (non-hydrogen) atoms. The first-order valence-electron chi connectivity index (χ1n) is 6.84. The van der Waals surface area contributed by atoms with E-state index in [1.165, 1.54) is 6.20 Å². The molecular weight excluding hydrogens is 284 g/mol. The second kappa shape index (κ2) is 8.03. The van der Waals surface area contributed by atoms with Crippen LogP contribution in [0.5, 0.6) is 0 Å². The summed E-state index contributed by atoms with van der Waals surface area (Å²) in [4.78, 5) is 27.0. The minimum absolute atomic E-state index is 0.0572. The topological polar surface area (TPSA) is 77.5 Å². The molecule has 0 saturated heterocycles. The largest absolute Gasteiger partial charge is 0.459 e. The van der Waals surface area contributed by atoms with Crippen molar-refractivity contribution in [3.05, 3.63) is 29.6 Å². The van der Waals surface area contributed by atoms with Crippen molar-refractivity contribution in [1.29, 1.82) is 0 Å². The molecule has 6 nitrogen and oxygen atoms in total. The normalized spacial score (nSPS) is 10.5. The number of esters is 1. The summed E-state index contributed by atoms with van der Waals surface area (Å²) >= 11 is 0. The van der Waals surface area contributed by atoms with Crippen LogP contribution in [0.25, 0.3) is 0 Å². The third kappa shape index (κ3) is 7.29. The van der Waals surface area contributed by atoms with E-state index in [9.17, 15) is 9.59 Å². The van der Waals surface area contributed by atoms with Crippen LogP contribution in [-0.2, 0) is 20.9 Å². The Morgan fingerprint density at radius 3 is 2.64 bits per heavy atom. The van der Waals surface area contributed by atoms with Crippen molar-refractivity contribution in [2.75, 3.05) is 6.54 Å². The zero-order valence-corrected chi connectivity index (χ0v) is 13.0. The summed E-state index contributed by atoms with van der Waals surface area (Å²) in [5.74, 6) is 2.02. The number of alkyl carbamates (subject to hydrolysis) is 1. The molecule has 118 valence electrons. The van der Waals surface area contributed by atoms with Crippen molar-refractivity contribution in [3.63, 3.8) is 0 Å². The van der Waals surface area contributed by atoms with Crippen LogP contribution in [0.3, 0.4) is 0 Å². The molecule has 1 rings (SSSR count). The van der Waals surface area contributed by atoms with Crippen LogP contribution in [0.1, 0.15) is 38.4 Å². The van der Waals surface area contributed by atoms with Crippen molar-refractivity contribution in [1.82, 2.24) is 10.3 Å². The van der Waals surface area contributed by atoms with Gasteiger partial charge >= 0.3 is 12.1 Å². The molecule has 0 unspecified atom stereocenters. The quantitative estimate of drug-likeness (QED) is 0.665. The van der Waals surface area contributed by atoms with Crippen molar-refractivity contribution in [2.24, 2.45) is 0 Å². The molecule has 0 atom stereocenters. The number of hydrogen-bond acceptors (Lipinski definition) is 5. The number of carbonyl (C=O) groups is 2. The van der Waals surface area contributed by atoms with Gasteiger partial charge in [-0.3, -0.25) is 9.78 Å². The number of terminal acetylenes is 1. The Balaban J connectivity index is 2.23. The molecule has 1 aromatic heterocycles. The summed E-state index contributed by atoms with van der Waals surface area (Å²) in [6.07, 6.45) is 6.25. The SMILES string of the molecule is C#Cc1ccc(COC(=O)CCNC(=O)OC(C)(C)C)nc1. The Bertz CT molecular complexity index is 553. The molecule has 0 aliphatic heterocycles. The molecule has 0 aromatic carbocycles. The van der Waals surface area contributed by atoms with Crippen molar-refractivity contribution >= 4 is 12.1 Å². The lowest BCUT2D eigenvalue weighted by Gasteiger charge is -2.19. The van der Waals surface area contributed by atoms with Crippen LogP contribution in [0, 0.1) is 12.3 Å². The van der Waals surface area contributed by atoms with Gasteiger partial charge in [-0.15, -0.1) is 6.42 Å². The second-order valence-corrected chi connectivity index (χ2v) is 5.52. The summed E-state index contributed by atoms with van der Waals surface area (Å²) in [6.45, 7) is 5.51. The zero-order chi connectivity index (χ0) is 16.6. The van der Waals surface area contributed by atoms with Gasteiger partial charge in [-0.1, -0.05) is 5.92 Å². The number of hydrogen-bond donors (Lipinski definition) is 1. The average molecular weight is 304 g/mol. The van der Waals surface area contributed by atoms with E-state index in [-0.39, 0.29) is 19.6 Å². The molecule has 0 bridgehead atoms. The lowest BCUT2D eigenvalue weighted by atomic mass is 10.2. The first-order valence-corrected chi connectivity index (χ1v) is 6.84. The number of pyridine rings is 1. The Morgan fingerprint density at radius 1 is 1.36 bits per heavy atom. The molecule has 0 aliphatic carbocycles. The summed E-state index contributed by atoms with van der Waals surface area (Å²) < 4.78 is 10.1. The number of aromatic nitrogens is 1. The highest BCUT2D eigenvalue weighted by Gasteiger charge is 2.16. The van der Waals surface area contributed by atoms with Crippen LogP contribution in [0.4, 0.5) is 4.79 Å². The third-order valence-electron chi connectivity index (χ3n) is 2.37. The van der Waals surface area contributed by atoms with Crippen LogP contribution in [0.2, 0.25) is 0 Å². The molecule has 0 fully saturated rings. The van der Waals surface area contributed by atoms with Crippen molar-refractivity contribution in [2.45, 2.75) is 39.4 Å². The lowest BCUT2D eigenvalue weighted by Crippen LogP contribution is -2.33. The highest BCUT2D eigenvalue weighted by molar-refractivity contribution is 5.71. The highest BCUT2D eigenvalue weighted by Crippen LogP contribution is 2.06. The lowest BCUT2D eigenvalue weighted by molar-refractivity contribution is -0.144. The maximum Gasteiger partial charge on any atom is 0.407 e.